The Morgan fingerprint density at radius 3 is 2.67 bits per heavy atom. The molecule has 0 bridgehead atoms. The predicted octanol–water partition coefficient (Wildman–Crippen LogP) is 5.92. The number of halogens is 2. The number of aryl methyl sites for hydroxylation is 1. The number of pyridine rings is 1. The molecule has 2 heterocycles. The van der Waals surface area contributed by atoms with Gasteiger partial charge in [0.2, 0.25) is 0 Å². The number of benzene rings is 1. The molecule has 2 fully saturated rings. The van der Waals surface area contributed by atoms with E-state index in [0.717, 1.165) is 55.6 Å². The molecule has 0 radical (unpaired) electrons. The minimum absolute atomic E-state index is 0.0898. The number of hydrogen-bond acceptors (Lipinski definition) is 5. The molecular weight excluding hydrogens is 461 g/mol. The molecule has 1 aromatic carbocycles. The molecule has 1 aromatic heterocycles. The van der Waals surface area contributed by atoms with Gasteiger partial charge in [-0.3, -0.25) is 19.4 Å². The highest BCUT2D eigenvalue weighted by atomic mass is 35.5. The van der Waals surface area contributed by atoms with E-state index in [1.807, 2.05) is 6.07 Å². The minimum atomic E-state index is -0.532. The first kappa shape index (κ1) is 24.3. The lowest BCUT2D eigenvalue weighted by molar-refractivity contribution is 0.0980. The van der Waals surface area contributed by atoms with Crippen LogP contribution in [0.25, 0.3) is 0 Å². The molecule has 8 heteroatoms. The number of likely N-dealkylation sites (tertiary alicyclic amines) is 1. The molecule has 33 heavy (non-hydrogen) atoms. The van der Waals surface area contributed by atoms with Gasteiger partial charge < -0.3 is 4.74 Å². The summed E-state index contributed by atoms with van der Waals surface area (Å²) in [4.78, 5) is 19.2. The van der Waals surface area contributed by atoms with Crippen LogP contribution in [0.5, 0.6) is 5.75 Å². The van der Waals surface area contributed by atoms with Crippen molar-refractivity contribution in [3.63, 3.8) is 0 Å². The van der Waals surface area contributed by atoms with Crippen LogP contribution in [0.2, 0.25) is 5.02 Å². The van der Waals surface area contributed by atoms with Crippen LogP contribution in [0.4, 0.5) is 4.39 Å². The van der Waals surface area contributed by atoms with Crippen molar-refractivity contribution in [2.45, 2.75) is 51.5 Å². The molecule has 1 saturated heterocycles. The zero-order valence-electron chi connectivity index (χ0n) is 19.4. The standard InChI is InChI=1S/C25H31ClFN3O2S/c1-15-10-19(26)13-28-24(15)16(2)30-8-6-17(7-9-30)14-32-23-12-22(27)21(25(31)29-33-3)11-20(23)18-4-5-18/h10-13,16-18H,4-9,14H2,1-3H3,(H,29,31). The third-order valence-electron chi connectivity index (χ3n) is 6.71. The van der Waals surface area contributed by atoms with Crippen molar-refractivity contribution in [2.75, 3.05) is 26.0 Å². The highest BCUT2D eigenvalue weighted by Gasteiger charge is 2.30. The van der Waals surface area contributed by atoms with Gasteiger partial charge in [0.05, 0.1) is 22.9 Å². The van der Waals surface area contributed by atoms with Crippen molar-refractivity contribution in [3.8, 4) is 5.75 Å². The van der Waals surface area contributed by atoms with Crippen molar-refractivity contribution in [2.24, 2.45) is 5.92 Å². The largest absolute Gasteiger partial charge is 0.493 e. The number of ether oxygens (including phenoxy) is 1. The SMILES string of the molecule is CSNC(=O)c1cc(C2CC2)c(OCC2CCN(C(C)c3ncc(Cl)cc3C)CC2)cc1F. The number of nitrogens with zero attached hydrogens (tertiary/aromatic N) is 2. The molecule has 4 rings (SSSR count). The summed E-state index contributed by atoms with van der Waals surface area (Å²) >= 11 is 7.23. The van der Waals surface area contributed by atoms with Crippen molar-refractivity contribution in [3.05, 3.63) is 57.6 Å². The van der Waals surface area contributed by atoms with Crippen LogP contribution < -0.4 is 9.46 Å². The molecule has 0 spiro atoms. The van der Waals surface area contributed by atoms with Crippen LogP contribution in [0, 0.1) is 18.7 Å². The van der Waals surface area contributed by atoms with Crippen LogP contribution in [0.15, 0.2) is 24.4 Å². The van der Waals surface area contributed by atoms with Crippen LogP contribution in [-0.4, -0.2) is 41.7 Å². The molecule has 2 aromatic rings. The summed E-state index contributed by atoms with van der Waals surface area (Å²) in [5.41, 5.74) is 3.24. The average molecular weight is 492 g/mol. The summed E-state index contributed by atoms with van der Waals surface area (Å²) in [6, 6.07) is 5.28. The van der Waals surface area contributed by atoms with Gasteiger partial charge in [0.25, 0.3) is 5.91 Å². The lowest BCUT2D eigenvalue weighted by Crippen LogP contribution is -2.37. The predicted molar refractivity (Wildman–Crippen MR) is 132 cm³/mol. The van der Waals surface area contributed by atoms with Crippen LogP contribution in [0.3, 0.4) is 0 Å². The zero-order valence-corrected chi connectivity index (χ0v) is 20.9. The Labute approximate surface area is 204 Å². The third kappa shape index (κ3) is 5.81. The first-order chi connectivity index (χ1) is 15.9. The van der Waals surface area contributed by atoms with Gasteiger partial charge in [0.1, 0.15) is 11.6 Å². The normalized spacial score (nSPS) is 18.2. The molecular formula is C25H31ClFN3O2S. The van der Waals surface area contributed by atoms with Crippen molar-refractivity contribution >= 4 is 29.5 Å². The summed E-state index contributed by atoms with van der Waals surface area (Å²) < 4.78 is 23.4. The van der Waals surface area contributed by atoms with Crippen molar-refractivity contribution < 1.29 is 13.9 Å². The zero-order chi connectivity index (χ0) is 23.5. The number of hydrogen-bond donors (Lipinski definition) is 1. The molecule has 2 aliphatic rings. The second-order valence-corrected chi connectivity index (χ2v) is 10.2. The maximum absolute atomic E-state index is 14.6. The summed E-state index contributed by atoms with van der Waals surface area (Å²) in [5.74, 6) is 0.435. The van der Waals surface area contributed by atoms with E-state index in [1.54, 1.807) is 18.5 Å². The molecule has 1 N–H and O–H groups in total. The average Bonchev–Trinajstić information content (AvgIpc) is 3.63. The quantitative estimate of drug-likeness (QED) is 0.464. The molecule has 1 atom stereocenters. The lowest BCUT2D eigenvalue weighted by atomic mass is 9.95. The fraction of sp³-hybridized carbons (Fsp3) is 0.520. The molecule has 5 nitrogen and oxygen atoms in total. The maximum Gasteiger partial charge on any atom is 0.264 e. The molecule has 1 saturated carbocycles. The Balaban J connectivity index is 1.36. The van der Waals surface area contributed by atoms with E-state index < -0.39 is 11.7 Å². The van der Waals surface area contributed by atoms with Gasteiger partial charge in [0, 0.05) is 24.6 Å². The number of piperidine rings is 1. The minimum Gasteiger partial charge on any atom is -0.493 e. The van der Waals surface area contributed by atoms with E-state index in [4.69, 9.17) is 16.3 Å². The van der Waals surface area contributed by atoms with Gasteiger partial charge in [-0.1, -0.05) is 23.5 Å². The summed E-state index contributed by atoms with van der Waals surface area (Å²) in [6.45, 7) is 6.75. The Hall–Kier alpha value is -1.83. The first-order valence-corrected chi connectivity index (χ1v) is 13.1. The number of rotatable bonds is 8. The Morgan fingerprint density at radius 1 is 1.30 bits per heavy atom. The highest BCUT2D eigenvalue weighted by Crippen LogP contribution is 2.45. The van der Waals surface area contributed by atoms with Gasteiger partial charge in [-0.15, -0.1) is 0 Å². The molecule has 1 aliphatic heterocycles. The first-order valence-electron chi connectivity index (χ1n) is 11.5. The topological polar surface area (TPSA) is 54.5 Å². The van der Waals surface area contributed by atoms with Crippen LogP contribution in [-0.2, 0) is 0 Å². The van der Waals surface area contributed by atoms with E-state index in [2.05, 4.69) is 28.5 Å². The lowest BCUT2D eigenvalue weighted by Gasteiger charge is -2.36. The van der Waals surface area contributed by atoms with E-state index in [9.17, 15) is 9.18 Å². The number of aromatic nitrogens is 1. The molecule has 178 valence electrons. The number of carbonyl (C=O) groups is 1. The fourth-order valence-corrected chi connectivity index (χ4v) is 5.12. The Morgan fingerprint density at radius 2 is 2.03 bits per heavy atom. The van der Waals surface area contributed by atoms with Gasteiger partial charge >= 0.3 is 0 Å². The smallest absolute Gasteiger partial charge is 0.264 e. The van der Waals surface area contributed by atoms with Crippen molar-refractivity contribution in [1.29, 1.82) is 0 Å². The van der Waals surface area contributed by atoms with Gasteiger partial charge in [-0.25, -0.2) is 4.39 Å². The van der Waals surface area contributed by atoms with Crippen molar-refractivity contribution in [1.82, 2.24) is 14.6 Å². The van der Waals surface area contributed by atoms with E-state index in [1.165, 1.54) is 18.0 Å². The van der Waals surface area contributed by atoms with Crippen LogP contribution in [0.1, 0.15) is 71.7 Å². The second kappa shape index (κ2) is 10.6. The highest BCUT2D eigenvalue weighted by molar-refractivity contribution is 7.97. The fourth-order valence-electron chi connectivity index (χ4n) is 4.61. The monoisotopic (exact) mass is 491 g/mol. The number of nitrogens with one attached hydrogen (secondary N) is 1. The van der Waals surface area contributed by atoms with Gasteiger partial charge in [-0.2, -0.15) is 0 Å². The summed E-state index contributed by atoms with van der Waals surface area (Å²) in [7, 11) is 0. The Kier molecular flexibility index (Phi) is 7.82. The second-order valence-electron chi connectivity index (χ2n) is 9.10. The van der Waals surface area contributed by atoms with E-state index in [0.29, 0.717) is 29.2 Å². The summed E-state index contributed by atoms with van der Waals surface area (Å²) in [6.07, 6.45) is 7.61. The molecule has 1 unspecified atom stereocenters. The summed E-state index contributed by atoms with van der Waals surface area (Å²) in [5, 5.41) is 0.666. The Bertz CT molecular complexity index is 1010. The number of carbonyl (C=O) groups excluding carboxylic acids is 1. The van der Waals surface area contributed by atoms with Gasteiger partial charge in [0.15, 0.2) is 0 Å². The number of amides is 1. The van der Waals surface area contributed by atoms with E-state index >= 15 is 0 Å². The molecule has 1 aliphatic carbocycles. The maximum atomic E-state index is 14.6. The molecule has 1 amide bonds. The van der Waals surface area contributed by atoms with E-state index in [-0.39, 0.29) is 11.6 Å². The van der Waals surface area contributed by atoms with Gasteiger partial charge in [-0.05, 0) is 87.7 Å². The van der Waals surface area contributed by atoms with Crippen LogP contribution >= 0.6 is 23.5 Å². The third-order valence-corrected chi connectivity index (χ3v) is 7.30.